The fourth-order valence-electron chi connectivity index (χ4n) is 1.44. The third kappa shape index (κ3) is 3.18. The Hall–Kier alpha value is 0.330. The molecule has 66 valence electrons. The molecule has 0 bridgehead atoms. The first-order valence-electron chi connectivity index (χ1n) is 3.71. The molecule has 4 heteroatoms. The first-order valence-corrected chi connectivity index (χ1v) is 4.81. The van der Waals surface area contributed by atoms with Gasteiger partial charge < -0.3 is 4.55 Å². The van der Waals surface area contributed by atoms with Gasteiger partial charge in [0, 0.05) is 0 Å². The molecule has 0 aliphatic heterocycles. The summed E-state index contributed by atoms with van der Waals surface area (Å²) >= 11 is -1.86. The topological polar surface area (TPSA) is 37.3 Å². The molecule has 0 amide bonds. The number of hydrogen-bond donors (Lipinski definition) is 1. The minimum absolute atomic E-state index is 0. The third-order valence-corrected chi connectivity index (χ3v) is 2.77. The molecular formula is C9H12NaO2S+. The number of aryl methyl sites for hydroxylation is 3. The van der Waals surface area contributed by atoms with Crippen molar-refractivity contribution in [1.29, 1.82) is 0 Å². The first kappa shape index (κ1) is 13.3. The van der Waals surface area contributed by atoms with Gasteiger partial charge in [-0.25, -0.2) is 4.21 Å². The average Bonchev–Trinajstić information content (AvgIpc) is 1.82. The van der Waals surface area contributed by atoms with Crippen LogP contribution in [0.3, 0.4) is 0 Å². The molecule has 2 nitrogen and oxygen atoms in total. The number of benzene rings is 1. The van der Waals surface area contributed by atoms with Crippen molar-refractivity contribution in [2.24, 2.45) is 0 Å². The van der Waals surface area contributed by atoms with Crippen molar-refractivity contribution in [3.8, 4) is 0 Å². The van der Waals surface area contributed by atoms with Gasteiger partial charge in [0.1, 0.15) is 0 Å². The summed E-state index contributed by atoms with van der Waals surface area (Å²) in [6.45, 7) is 5.68. The van der Waals surface area contributed by atoms with Gasteiger partial charge >= 0.3 is 29.6 Å². The van der Waals surface area contributed by atoms with Gasteiger partial charge in [-0.3, -0.25) is 0 Å². The zero-order valence-corrected chi connectivity index (χ0v) is 11.2. The van der Waals surface area contributed by atoms with E-state index in [0.29, 0.717) is 4.90 Å². The Labute approximate surface area is 103 Å². The molecule has 13 heavy (non-hydrogen) atoms. The molecule has 1 unspecified atom stereocenters. The third-order valence-electron chi connectivity index (χ3n) is 1.78. The molecule has 1 N–H and O–H groups in total. The molecule has 1 aromatic carbocycles. The Morgan fingerprint density at radius 1 is 1.15 bits per heavy atom. The number of hydrogen-bond acceptors (Lipinski definition) is 1. The Kier molecular flexibility index (Phi) is 5.40. The van der Waals surface area contributed by atoms with E-state index in [1.54, 1.807) is 0 Å². The quantitative estimate of drug-likeness (QED) is 0.483. The van der Waals surface area contributed by atoms with Crippen molar-refractivity contribution < 1.29 is 38.3 Å². The van der Waals surface area contributed by atoms with E-state index in [9.17, 15) is 4.21 Å². The van der Waals surface area contributed by atoms with Gasteiger partial charge in [-0.2, -0.15) is 0 Å². The van der Waals surface area contributed by atoms with E-state index >= 15 is 0 Å². The maximum Gasteiger partial charge on any atom is 1.00 e. The SMILES string of the molecule is Cc1cc(C)c(S(=O)O)c(C)c1.[Na+]. The van der Waals surface area contributed by atoms with Crippen LogP contribution in [-0.4, -0.2) is 8.76 Å². The second-order valence-electron chi connectivity index (χ2n) is 2.98. The standard InChI is InChI=1S/C9H12O2S.Na/c1-6-4-7(2)9(12(10)11)8(3)5-6;/h4-5H,1-3H3,(H,10,11);/q;+1. The molecule has 0 spiro atoms. The molecule has 0 aliphatic rings. The summed E-state index contributed by atoms with van der Waals surface area (Å²) in [6, 6.07) is 3.83. The van der Waals surface area contributed by atoms with Gasteiger partial charge in [0.15, 0.2) is 11.1 Å². The number of rotatable bonds is 1. The van der Waals surface area contributed by atoms with Crippen molar-refractivity contribution in [1.82, 2.24) is 0 Å². The van der Waals surface area contributed by atoms with E-state index in [1.165, 1.54) is 0 Å². The molecule has 0 aliphatic carbocycles. The molecule has 0 aromatic heterocycles. The molecule has 0 saturated heterocycles. The van der Waals surface area contributed by atoms with Crippen LogP contribution < -0.4 is 29.6 Å². The van der Waals surface area contributed by atoms with Crippen LogP contribution in [0.5, 0.6) is 0 Å². The van der Waals surface area contributed by atoms with Crippen molar-refractivity contribution in [3.63, 3.8) is 0 Å². The van der Waals surface area contributed by atoms with E-state index < -0.39 is 11.1 Å². The minimum atomic E-state index is -1.86. The van der Waals surface area contributed by atoms with Crippen molar-refractivity contribution in [2.45, 2.75) is 25.7 Å². The summed E-state index contributed by atoms with van der Waals surface area (Å²) in [5, 5.41) is 0. The molecule has 1 aromatic rings. The second-order valence-corrected chi connectivity index (χ2v) is 3.88. The van der Waals surface area contributed by atoms with Gasteiger partial charge in [-0.05, 0) is 31.9 Å². The molecular weight excluding hydrogens is 195 g/mol. The Morgan fingerprint density at radius 3 is 1.85 bits per heavy atom. The molecule has 0 heterocycles. The molecule has 0 fully saturated rings. The van der Waals surface area contributed by atoms with Crippen molar-refractivity contribution in [3.05, 3.63) is 28.8 Å². The Bertz CT molecular complexity index is 313. The fraction of sp³-hybridized carbons (Fsp3) is 0.333. The molecule has 1 rings (SSSR count). The smallest absolute Gasteiger partial charge is 0.302 e. The van der Waals surface area contributed by atoms with Crippen LogP contribution >= 0.6 is 0 Å². The summed E-state index contributed by atoms with van der Waals surface area (Å²) in [7, 11) is 0. The zero-order valence-electron chi connectivity index (χ0n) is 8.42. The Balaban J connectivity index is 0.00000144. The van der Waals surface area contributed by atoms with Gasteiger partial charge in [-0.15, -0.1) is 0 Å². The van der Waals surface area contributed by atoms with E-state index in [2.05, 4.69) is 0 Å². The summed E-state index contributed by atoms with van der Waals surface area (Å²) in [5.74, 6) is 0. The summed E-state index contributed by atoms with van der Waals surface area (Å²) in [4.78, 5) is 0.542. The molecule has 0 radical (unpaired) electrons. The van der Waals surface area contributed by atoms with Gasteiger partial charge in [0.25, 0.3) is 0 Å². The van der Waals surface area contributed by atoms with E-state index in [1.807, 2.05) is 32.9 Å². The van der Waals surface area contributed by atoms with Crippen molar-refractivity contribution >= 4 is 11.1 Å². The van der Waals surface area contributed by atoms with Gasteiger partial charge in [0.2, 0.25) is 0 Å². The second kappa shape index (κ2) is 5.27. The minimum Gasteiger partial charge on any atom is -0.302 e. The summed E-state index contributed by atoms with van der Waals surface area (Å²) < 4.78 is 19.8. The maximum absolute atomic E-state index is 10.9. The maximum atomic E-state index is 10.9. The monoisotopic (exact) mass is 207 g/mol. The van der Waals surface area contributed by atoms with Crippen LogP contribution in [0, 0.1) is 20.8 Å². The van der Waals surface area contributed by atoms with Crippen LogP contribution in [0.4, 0.5) is 0 Å². The van der Waals surface area contributed by atoms with Crippen LogP contribution in [-0.2, 0) is 11.1 Å². The van der Waals surface area contributed by atoms with Crippen LogP contribution in [0.2, 0.25) is 0 Å². The van der Waals surface area contributed by atoms with Crippen molar-refractivity contribution in [2.75, 3.05) is 0 Å². The zero-order chi connectivity index (χ0) is 9.30. The van der Waals surface area contributed by atoms with E-state index in [4.69, 9.17) is 4.55 Å². The molecule has 1 atom stereocenters. The Morgan fingerprint density at radius 2 is 1.54 bits per heavy atom. The van der Waals surface area contributed by atoms with Gasteiger partial charge in [-0.1, -0.05) is 17.7 Å². The normalized spacial score (nSPS) is 12.0. The van der Waals surface area contributed by atoms with E-state index in [0.717, 1.165) is 16.7 Å². The largest absolute Gasteiger partial charge is 1.00 e. The fourth-order valence-corrected chi connectivity index (χ4v) is 2.11. The van der Waals surface area contributed by atoms with Crippen LogP contribution in [0.15, 0.2) is 17.0 Å². The predicted octanol–water partition coefficient (Wildman–Crippen LogP) is -0.804. The first-order chi connectivity index (χ1) is 5.52. The molecule has 0 saturated carbocycles. The summed E-state index contributed by atoms with van der Waals surface area (Å²) in [5.41, 5.74) is 2.89. The van der Waals surface area contributed by atoms with Crippen LogP contribution in [0.1, 0.15) is 16.7 Å². The summed E-state index contributed by atoms with van der Waals surface area (Å²) in [6.07, 6.45) is 0. The van der Waals surface area contributed by atoms with Crippen LogP contribution in [0.25, 0.3) is 0 Å². The average molecular weight is 207 g/mol. The van der Waals surface area contributed by atoms with Gasteiger partial charge in [0.05, 0.1) is 4.90 Å². The van der Waals surface area contributed by atoms with E-state index in [-0.39, 0.29) is 29.6 Å². The predicted molar refractivity (Wildman–Crippen MR) is 49.7 cm³/mol.